The molecule has 0 aliphatic rings. The molecule has 0 bridgehead atoms. The van der Waals surface area contributed by atoms with Crippen LogP contribution in [0, 0.1) is 0 Å². The minimum Gasteiger partial charge on any atom is -0.383 e. The second kappa shape index (κ2) is 7.25. The van der Waals surface area contributed by atoms with Gasteiger partial charge in [-0.2, -0.15) is 0 Å². The van der Waals surface area contributed by atoms with E-state index in [2.05, 4.69) is 25.2 Å². The summed E-state index contributed by atoms with van der Waals surface area (Å²) in [6, 6.07) is 0. The number of imidazole rings is 1. The Morgan fingerprint density at radius 1 is 1.50 bits per heavy atom. The van der Waals surface area contributed by atoms with Gasteiger partial charge in [0, 0.05) is 44.7 Å². The highest BCUT2D eigenvalue weighted by Crippen LogP contribution is 2.05. The quantitative estimate of drug-likeness (QED) is 0.732. The fourth-order valence-corrected chi connectivity index (χ4v) is 2.28. The van der Waals surface area contributed by atoms with E-state index in [4.69, 9.17) is 4.74 Å². The van der Waals surface area contributed by atoms with Crippen molar-refractivity contribution in [1.82, 2.24) is 19.9 Å². The van der Waals surface area contributed by atoms with Crippen molar-refractivity contribution in [2.24, 2.45) is 0 Å². The Balaban J connectivity index is 1.79. The summed E-state index contributed by atoms with van der Waals surface area (Å²) in [4.78, 5) is 8.48. The molecule has 0 saturated heterocycles. The lowest BCUT2D eigenvalue weighted by molar-refractivity contribution is 0.199. The first kappa shape index (κ1) is 13.2. The summed E-state index contributed by atoms with van der Waals surface area (Å²) in [7, 11) is 1.71. The number of hydrogen-bond acceptors (Lipinski definition) is 5. The molecule has 0 fully saturated rings. The average Bonchev–Trinajstić information content (AvgIpc) is 3.03. The van der Waals surface area contributed by atoms with Crippen LogP contribution in [0.1, 0.15) is 11.4 Å². The highest BCUT2D eigenvalue weighted by Gasteiger charge is 2.02. The van der Waals surface area contributed by atoms with E-state index >= 15 is 0 Å². The third kappa shape index (κ3) is 3.90. The molecule has 0 atom stereocenters. The molecule has 2 aromatic heterocycles. The van der Waals surface area contributed by atoms with Crippen LogP contribution in [0.4, 0.5) is 0 Å². The normalized spacial score (nSPS) is 10.9. The number of methoxy groups -OCH3 is 1. The predicted octanol–water partition coefficient (Wildman–Crippen LogP) is 1.32. The summed E-state index contributed by atoms with van der Waals surface area (Å²) >= 11 is 1.64. The van der Waals surface area contributed by atoms with Crippen LogP contribution in [0.2, 0.25) is 0 Å². The highest BCUT2D eigenvalue weighted by atomic mass is 32.1. The first-order chi connectivity index (χ1) is 8.90. The zero-order chi connectivity index (χ0) is 12.6. The number of hydrogen-bond donors (Lipinski definition) is 1. The van der Waals surface area contributed by atoms with Crippen LogP contribution in [0.3, 0.4) is 0 Å². The van der Waals surface area contributed by atoms with E-state index in [0.717, 1.165) is 38.4 Å². The van der Waals surface area contributed by atoms with E-state index < -0.39 is 0 Å². The SMILES string of the molecule is COCCNCc1cncn1CCc1cscn1. The van der Waals surface area contributed by atoms with Gasteiger partial charge in [0.1, 0.15) is 0 Å². The van der Waals surface area contributed by atoms with Crippen LogP contribution in [0.25, 0.3) is 0 Å². The molecule has 0 spiro atoms. The molecule has 0 aromatic carbocycles. The van der Waals surface area contributed by atoms with E-state index in [-0.39, 0.29) is 0 Å². The second-order valence-electron chi connectivity index (χ2n) is 3.98. The van der Waals surface area contributed by atoms with E-state index in [1.807, 2.05) is 18.0 Å². The lowest BCUT2D eigenvalue weighted by Gasteiger charge is -2.08. The molecule has 2 aromatic rings. The van der Waals surface area contributed by atoms with Gasteiger partial charge in [0.2, 0.25) is 0 Å². The lowest BCUT2D eigenvalue weighted by Crippen LogP contribution is -2.20. The fourth-order valence-electron chi connectivity index (χ4n) is 1.68. The number of aromatic nitrogens is 3. The molecule has 0 saturated carbocycles. The molecule has 1 N–H and O–H groups in total. The molecule has 0 amide bonds. The van der Waals surface area contributed by atoms with Crippen molar-refractivity contribution < 1.29 is 4.74 Å². The van der Waals surface area contributed by atoms with Crippen molar-refractivity contribution in [2.45, 2.75) is 19.5 Å². The van der Waals surface area contributed by atoms with E-state index in [0.29, 0.717) is 0 Å². The Hall–Kier alpha value is -1.24. The molecule has 5 nitrogen and oxygen atoms in total. The maximum Gasteiger partial charge on any atom is 0.0948 e. The van der Waals surface area contributed by atoms with Crippen LogP contribution >= 0.6 is 11.3 Å². The highest BCUT2D eigenvalue weighted by molar-refractivity contribution is 7.07. The summed E-state index contributed by atoms with van der Waals surface area (Å²) in [5.74, 6) is 0. The minimum atomic E-state index is 0.729. The smallest absolute Gasteiger partial charge is 0.0948 e. The Morgan fingerprint density at radius 3 is 3.22 bits per heavy atom. The molecule has 6 heteroatoms. The zero-order valence-electron chi connectivity index (χ0n) is 10.5. The molecule has 0 aliphatic heterocycles. The van der Waals surface area contributed by atoms with Gasteiger partial charge in [0.15, 0.2) is 0 Å². The van der Waals surface area contributed by atoms with Crippen LogP contribution in [-0.2, 0) is 24.2 Å². The van der Waals surface area contributed by atoms with Gasteiger partial charge in [-0.3, -0.25) is 0 Å². The molecule has 0 aliphatic carbocycles. The van der Waals surface area contributed by atoms with Crippen molar-refractivity contribution in [3.63, 3.8) is 0 Å². The van der Waals surface area contributed by atoms with Crippen molar-refractivity contribution in [3.8, 4) is 0 Å². The summed E-state index contributed by atoms with van der Waals surface area (Å²) in [6.45, 7) is 3.33. The molecular weight excluding hydrogens is 248 g/mol. The predicted molar refractivity (Wildman–Crippen MR) is 71.6 cm³/mol. The van der Waals surface area contributed by atoms with E-state index in [1.54, 1.807) is 18.4 Å². The van der Waals surface area contributed by atoms with Crippen LogP contribution < -0.4 is 5.32 Å². The molecule has 98 valence electrons. The molecular formula is C12H18N4OS. The molecule has 0 unspecified atom stereocenters. The van der Waals surface area contributed by atoms with Gasteiger partial charge in [-0.05, 0) is 0 Å². The Kier molecular flexibility index (Phi) is 5.32. The van der Waals surface area contributed by atoms with Crippen LogP contribution in [0.5, 0.6) is 0 Å². The standard InChI is InChI=1S/C12H18N4OS/c1-17-5-3-13-6-12-7-14-9-16(12)4-2-11-8-18-10-15-11/h7-10,13H,2-6H2,1H3. The van der Waals surface area contributed by atoms with E-state index in [1.165, 1.54) is 5.69 Å². The number of nitrogens with one attached hydrogen (secondary N) is 1. The third-order valence-corrected chi connectivity index (χ3v) is 3.32. The minimum absolute atomic E-state index is 0.729. The van der Waals surface area contributed by atoms with Crippen molar-refractivity contribution in [2.75, 3.05) is 20.3 Å². The van der Waals surface area contributed by atoms with Gasteiger partial charge in [-0.1, -0.05) is 0 Å². The Bertz CT molecular complexity index is 441. The van der Waals surface area contributed by atoms with Gasteiger partial charge < -0.3 is 14.6 Å². The molecule has 18 heavy (non-hydrogen) atoms. The number of rotatable bonds is 8. The van der Waals surface area contributed by atoms with E-state index in [9.17, 15) is 0 Å². The summed E-state index contributed by atoms with van der Waals surface area (Å²) in [5.41, 5.74) is 4.21. The number of ether oxygens (including phenoxy) is 1. The summed E-state index contributed by atoms with van der Waals surface area (Å²) < 4.78 is 7.16. The maximum atomic E-state index is 5.00. The largest absolute Gasteiger partial charge is 0.383 e. The van der Waals surface area contributed by atoms with Crippen LogP contribution in [-0.4, -0.2) is 34.8 Å². The van der Waals surface area contributed by atoms with Gasteiger partial charge in [0.25, 0.3) is 0 Å². The molecule has 0 radical (unpaired) electrons. The van der Waals surface area contributed by atoms with Gasteiger partial charge >= 0.3 is 0 Å². The lowest BCUT2D eigenvalue weighted by atomic mass is 10.3. The number of aryl methyl sites for hydroxylation is 2. The maximum absolute atomic E-state index is 5.00. The van der Waals surface area contributed by atoms with Gasteiger partial charge in [-0.25, -0.2) is 9.97 Å². The van der Waals surface area contributed by atoms with Crippen molar-refractivity contribution in [1.29, 1.82) is 0 Å². The van der Waals surface area contributed by atoms with Crippen molar-refractivity contribution >= 4 is 11.3 Å². The topological polar surface area (TPSA) is 52.0 Å². The van der Waals surface area contributed by atoms with Crippen LogP contribution in [0.15, 0.2) is 23.4 Å². The average molecular weight is 266 g/mol. The molecule has 2 rings (SSSR count). The Labute approximate surface area is 111 Å². The van der Waals surface area contributed by atoms with Crippen molar-refractivity contribution in [3.05, 3.63) is 34.8 Å². The number of thiazole rings is 1. The summed E-state index contributed by atoms with van der Waals surface area (Å²) in [5, 5.41) is 5.41. The number of nitrogens with zero attached hydrogens (tertiary/aromatic N) is 3. The monoisotopic (exact) mass is 266 g/mol. The van der Waals surface area contributed by atoms with Gasteiger partial charge in [-0.15, -0.1) is 11.3 Å². The zero-order valence-corrected chi connectivity index (χ0v) is 11.3. The third-order valence-electron chi connectivity index (χ3n) is 2.68. The second-order valence-corrected chi connectivity index (χ2v) is 4.70. The van der Waals surface area contributed by atoms with Gasteiger partial charge in [0.05, 0.1) is 29.8 Å². The summed E-state index contributed by atoms with van der Waals surface area (Å²) in [6.07, 6.45) is 4.73. The first-order valence-electron chi connectivity index (χ1n) is 5.96. The fraction of sp³-hybridized carbons (Fsp3) is 0.500. The first-order valence-corrected chi connectivity index (χ1v) is 6.90. The molecule has 2 heterocycles. The Morgan fingerprint density at radius 2 is 2.44 bits per heavy atom.